The molecule has 2 aromatic rings. The molecule has 2 aliphatic rings. The molecule has 0 bridgehead atoms. The van der Waals surface area contributed by atoms with Crippen molar-refractivity contribution in [2.45, 2.75) is 95.9 Å². The predicted molar refractivity (Wildman–Crippen MR) is 140 cm³/mol. The minimum atomic E-state index is -4.24. The molecule has 0 atom stereocenters. The first-order valence-corrected chi connectivity index (χ1v) is 14.7. The van der Waals surface area contributed by atoms with Gasteiger partial charge >= 0.3 is 134 Å². The van der Waals surface area contributed by atoms with Crippen molar-refractivity contribution in [1.29, 1.82) is 0 Å². The van der Waals surface area contributed by atoms with Gasteiger partial charge in [-0.05, 0) is 17.7 Å². The van der Waals surface area contributed by atoms with E-state index in [9.17, 15) is 13.2 Å². The number of halogens is 5. The molecule has 9 heteroatoms. The summed E-state index contributed by atoms with van der Waals surface area (Å²) in [6.45, 7) is 2.93. The third-order valence-electron chi connectivity index (χ3n) is 6.58. The van der Waals surface area contributed by atoms with E-state index in [1.807, 2.05) is 1.33 Å². The molecular formula is C24H32F3I2N3Pt. The Morgan fingerprint density at radius 1 is 0.909 bits per heavy atom. The molecule has 1 heterocycles. The molecule has 0 saturated heterocycles. The number of rotatable bonds is 4. The minimum Gasteiger partial charge on any atom is -0.184 e. The Balaban J connectivity index is 0.000000196. The van der Waals surface area contributed by atoms with Crippen LogP contribution in [-0.4, -0.2) is 10.5 Å². The van der Waals surface area contributed by atoms with Crippen LogP contribution in [0, 0.1) is 10.7 Å². The van der Waals surface area contributed by atoms with Gasteiger partial charge in [-0.15, -0.1) is 0 Å². The molecule has 0 aliphatic heterocycles. The molecule has 0 unspecified atom stereocenters. The summed E-state index contributed by atoms with van der Waals surface area (Å²) in [5.74, 6) is 0. The largest absolute Gasteiger partial charge is 0.416 e. The van der Waals surface area contributed by atoms with Crippen molar-refractivity contribution in [2.75, 3.05) is 0 Å². The van der Waals surface area contributed by atoms with Crippen molar-refractivity contribution in [1.82, 2.24) is 10.5 Å². The second kappa shape index (κ2) is 13.0. The van der Waals surface area contributed by atoms with E-state index in [0.717, 1.165) is 29.8 Å². The Hall–Kier alpha value is 0.328. The summed E-state index contributed by atoms with van der Waals surface area (Å²) in [5.41, 5.74) is 1.74. The van der Waals surface area contributed by atoms with Crippen molar-refractivity contribution in [3.8, 4) is 0 Å². The van der Waals surface area contributed by atoms with Crippen LogP contribution in [0.3, 0.4) is 0 Å². The maximum atomic E-state index is 12.2. The first kappa shape index (κ1) is 27.9. The van der Waals surface area contributed by atoms with Gasteiger partial charge in [-0.2, -0.15) is 14.5 Å². The van der Waals surface area contributed by atoms with Crippen LogP contribution in [0.4, 0.5) is 13.2 Å². The van der Waals surface area contributed by atoms with Gasteiger partial charge in [0.1, 0.15) is 0 Å². The van der Waals surface area contributed by atoms with Gasteiger partial charge in [-0.1, -0.05) is 12.1 Å². The Labute approximate surface area is 233 Å². The molecular weight excluding hydrogens is 836 g/mol. The van der Waals surface area contributed by atoms with Gasteiger partial charge < -0.3 is 0 Å². The summed E-state index contributed by atoms with van der Waals surface area (Å²) in [4.78, 5) is 0. The number of aryl methyl sites for hydroxylation is 1. The zero-order valence-corrected chi connectivity index (χ0v) is 25.5. The summed E-state index contributed by atoms with van der Waals surface area (Å²) in [6, 6.07) is 6.73. The fraction of sp³-hybridized carbons (Fsp3) is 0.625. The maximum Gasteiger partial charge on any atom is 0.416 e. The summed E-state index contributed by atoms with van der Waals surface area (Å²) in [5, 5.41) is 0. The Morgan fingerprint density at radius 2 is 1.42 bits per heavy atom. The Kier molecular flexibility index (Phi) is 11.0. The number of hydrogen-bond donors (Lipinski definition) is 0. The van der Waals surface area contributed by atoms with E-state index in [1.54, 1.807) is 0 Å². The summed E-state index contributed by atoms with van der Waals surface area (Å²) >= 11 is 6.71. The number of benzene rings is 1. The predicted octanol–water partition coefficient (Wildman–Crippen LogP) is 8.89. The smallest absolute Gasteiger partial charge is 0.184 e. The van der Waals surface area contributed by atoms with E-state index in [4.69, 9.17) is 0 Å². The molecule has 2 aliphatic carbocycles. The van der Waals surface area contributed by atoms with E-state index in [1.165, 1.54) is 85.8 Å². The van der Waals surface area contributed by atoms with E-state index < -0.39 is 11.7 Å². The minimum absolute atomic E-state index is 0.602. The van der Waals surface area contributed by atoms with Crippen LogP contribution in [0.1, 0.15) is 93.1 Å². The number of imidazole rings is 1. The standard InChI is InChI=1S/C16H26N2.C8H6F3I2N.Pt/c1-14-12-17(15-8-4-2-5-9-15)13-18(14)16-10-6-3-7-11-16;9-8(10,11)7-3-1-6(2-4-7)5-14(12)13;/h12,15-16H,2-11H2,1H3;1-4H,5H2;. The molecule has 4 rings (SSSR count). The first-order chi connectivity index (χ1) is 15.7. The second-order valence-corrected chi connectivity index (χ2v) is 14.2. The molecule has 33 heavy (non-hydrogen) atoms. The van der Waals surface area contributed by atoms with Crippen molar-refractivity contribution < 1.29 is 32.5 Å². The Morgan fingerprint density at radius 3 is 1.91 bits per heavy atom. The summed E-state index contributed by atoms with van der Waals surface area (Å²) in [6.07, 6.45) is 12.3. The van der Waals surface area contributed by atoms with E-state index >= 15 is 0 Å². The van der Waals surface area contributed by atoms with Gasteiger partial charge in [0.05, 0.1) is 5.56 Å². The van der Waals surface area contributed by atoms with Crippen LogP contribution in [0.25, 0.3) is 0 Å². The summed E-state index contributed by atoms with van der Waals surface area (Å²) in [7, 11) is 0. The molecule has 2 fully saturated rings. The normalized spacial score (nSPS) is 18.3. The van der Waals surface area contributed by atoms with Gasteiger partial charge in [0.2, 0.25) is 0 Å². The average Bonchev–Trinajstić information content (AvgIpc) is 3.08. The van der Waals surface area contributed by atoms with Gasteiger partial charge in [-0.3, -0.25) is 0 Å². The van der Waals surface area contributed by atoms with Gasteiger partial charge in [0.25, 0.3) is 0 Å². The SMILES string of the molecule is Cc1cn(C2CCCCC2)[c](=[Pt])n1C1CCCCC1.FC(F)(F)c1ccc(CN(I)I)cc1. The topological polar surface area (TPSA) is 13.1 Å². The molecule has 3 nitrogen and oxygen atoms in total. The zero-order chi connectivity index (χ0) is 24.0. The third kappa shape index (κ3) is 8.17. The molecule has 0 radical (unpaired) electrons. The van der Waals surface area contributed by atoms with Crippen LogP contribution in [0.15, 0.2) is 30.5 Å². The number of nitrogens with zero attached hydrogens (tertiary/aromatic N) is 3. The van der Waals surface area contributed by atoms with Crippen LogP contribution in [0.2, 0.25) is 0 Å². The maximum absolute atomic E-state index is 12.2. The fourth-order valence-electron chi connectivity index (χ4n) is 4.88. The quantitative estimate of drug-likeness (QED) is 0.221. The second-order valence-electron chi connectivity index (χ2n) is 9.03. The molecule has 0 spiro atoms. The summed E-state index contributed by atoms with van der Waals surface area (Å²) < 4.78 is 45.1. The van der Waals surface area contributed by atoms with E-state index in [-0.39, 0.29) is 0 Å². The van der Waals surface area contributed by atoms with Gasteiger partial charge in [0.15, 0.2) is 0 Å². The van der Waals surface area contributed by atoms with E-state index in [0.29, 0.717) is 6.54 Å². The number of alkyl halides is 3. The number of hydrogen-bond acceptors (Lipinski definition) is 1. The van der Waals surface area contributed by atoms with Crippen molar-refractivity contribution in [3.05, 3.63) is 51.1 Å². The van der Waals surface area contributed by atoms with E-state index in [2.05, 4.69) is 87.3 Å². The van der Waals surface area contributed by atoms with Gasteiger partial charge in [-0.25, -0.2) is 0 Å². The monoisotopic (exact) mass is 868 g/mol. The van der Waals surface area contributed by atoms with Crippen molar-refractivity contribution in [3.63, 3.8) is 0 Å². The van der Waals surface area contributed by atoms with Gasteiger partial charge in [0, 0.05) is 52.3 Å². The molecule has 2 saturated carbocycles. The number of aromatic nitrogens is 2. The molecule has 0 amide bonds. The Bertz CT molecular complexity index is 926. The fourth-order valence-corrected chi connectivity index (χ4v) is 7.04. The molecule has 188 valence electrons. The first-order valence-electron chi connectivity index (χ1n) is 11.7. The van der Waals surface area contributed by atoms with Crippen LogP contribution in [0.5, 0.6) is 0 Å². The zero-order valence-electron chi connectivity index (χ0n) is 18.9. The van der Waals surface area contributed by atoms with Crippen molar-refractivity contribution >= 4 is 45.7 Å². The molecule has 0 N–H and O–H groups in total. The van der Waals surface area contributed by atoms with Crippen LogP contribution in [-0.2, 0) is 32.1 Å². The van der Waals surface area contributed by atoms with Crippen LogP contribution < -0.4 is 0 Å². The average molecular weight is 868 g/mol. The van der Waals surface area contributed by atoms with Crippen LogP contribution >= 0.6 is 45.7 Å². The molecule has 1 aromatic heterocycles. The molecule has 1 aromatic carbocycles. The van der Waals surface area contributed by atoms with Crippen molar-refractivity contribution in [2.24, 2.45) is 0 Å². The third-order valence-corrected chi connectivity index (χ3v) is 8.39.